The Morgan fingerprint density at radius 2 is 1.00 bits per heavy atom. The summed E-state index contributed by atoms with van der Waals surface area (Å²) in [7, 11) is 0. The van der Waals surface area contributed by atoms with E-state index < -0.39 is 92.7 Å². The first-order valence-corrected chi connectivity index (χ1v) is 7.74. The molecular weight excluding hydrogens is 437 g/mol. The van der Waals surface area contributed by atoms with Gasteiger partial charge in [-0.2, -0.15) is 0 Å². The van der Waals surface area contributed by atoms with Crippen LogP contribution >= 0.6 is 0 Å². The van der Waals surface area contributed by atoms with Crippen LogP contribution in [0.5, 0.6) is 0 Å². The fourth-order valence-electron chi connectivity index (χ4n) is 2.79. The predicted molar refractivity (Wildman–Crippen MR) is 81.7 cm³/mol. The zero-order chi connectivity index (χ0) is 22.5. The van der Waals surface area contributed by atoms with Crippen LogP contribution < -0.4 is 0 Å². The standard InChI is InChI=1S/C19H5F11/c20-4-5-1-9(23)16(27)13(14(5)25)12-8(22)3-7(21)11(18(12)29)6-2-10(24)17(28)19(30)15(6)26/h1-3H,4H2. The Morgan fingerprint density at radius 1 is 0.433 bits per heavy atom. The molecule has 0 unspecified atom stereocenters. The van der Waals surface area contributed by atoms with E-state index in [1.165, 1.54) is 0 Å². The SMILES string of the molecule is FCc1cc(F)c(F)c(-c2c(F)cc(F)c(-c3cc(F)c(F)c(F)c3F)c2F)c1F. The molecule has 0 N–H and O–H groups in total. The molecule has 0 aliphatic carbocycles. The normalized spacial score (nSPS) is 11.3. The maximum atomic E-state index is 14.9. The van der Waals surface area contributed by atoms with Crippen molar-refractivity contribution in [2.75, 3.05) is 0 Å². The van der Waals surface area contributed by atoms with Crippen LogP contribution in [0, 0.1) is 58.2 Å². The molecule has 0 atom stereocenters. The number of alkyl halides is 1. The third-order valence-electron chi connectivity index (χ3n) is 4.17. The molecule has 0 amide bonds. The Morgan fingerprint density at radius 3 is 1.60 bits per heavy atom. The van der Waals surface area contributed by atoms with E-state index in [1.54, 1.807) is 0 Å². The quantitative estimate of drug-likeness (QED) is 0.236. The highest BCUT2D eigenvalue weighted by Gasteiger charge is 2.31. The third kappa shape index (κ3) is 3.17. The molecule has 3 aromatic rings. The van der Waals surface area contributed by atoms with Gasteiger partial charge in [0, 0.05) is 17.2 Å². The summed E-state index contributed by atoms with van der Waals surface area (Å²) in [6.07, 6.45) is 0. The van der Waals surface area contributed by atoms with E-state index in [9.17, 15) is 48.3 Å². The van der Waals surface area contributed by atoms with Gasteiger partial charge in [-0.3, -0.25) is 0 Å². The lowest BCUT2D eigenvalue weighted by atomic mass is 9.94. The minimum Gasteiger partial charge on any atom is -0.246 e. The highest BCUT2D eigenvalue weighted by molar-refractivity contribution is 5.76. The lowest BCUT2D eigenvalue weighted by molar-refractivity contribution is 0.410. The van der Waals surface area contributed by atoms with Gasteiger partial charge in [-0.25, -0.2) is 48.3 Å². The largest absolute Gasteiger partial charge is 0.246 e. The van der Waals surface area contributed by atoms with Crippen molar-refractivity contribution in [3.8, 4) is 22.3 Å². The van der Waals surface area contributed by atoms with E-state index >= 15 is 0 Å². The molecule has 0 heterocycles. The van der Waals surface area contributed by atoms with Crippen molar-refractivity contribution in [2.45, 2.75) is 6.67 Å². The van der Waals surface area contributed by atoms with E-state index in [2.05, 4.69) is 0 Å². The molecule has 0 saturated carbocycles. The first kappa shape index (κ1) is 21.6. The lowest BCUT2D eigenvalue weighted by Gasteiger charge is -2.15. The minimum atomic E-state index is -2.47. The Labute approximate surface area is 160 Å². The summed E-state index contributed by atoms with van der Waals surface area (Å²) in [6, 6.07) is -0.341. The monoisotopic (exact) mass is 442 g/mol. The number of halogens is 11. The summed E-state index contributed by atoms with van der Waals surface area (Å²) < 4.78 is 152. The smallest absolute Gasteiger partial charge is 0.198 e. The molecule has 0 fully saturated rings. The van der Waals surface area contributed by atoms with Crippen molar-refractivity contribution in [1.82, 2.24) is 0 Å². The highest BCUT2D eigenvalue weighted by Crippen LogP contribution is 2.40. The molecule has 3 aromatic carbocycles. The van der Waals surface area contributed by atoms with Gasteiger partial charge in [0.25, 0.3) is 0 Å². The van der Waals surface area contributed by atoms with E-state index in [4.69, 9.17) is 0 Å². The Kier molecular flexibility index (Phi) is 5.48. The number of hydrogen-bond donors (Lipinski definition) is 0. The lowest BCUT2D eigenvalue weighted by Crippen LogP contribution is -2.07. The van der Waals surface area contributed by atoms with Crippen molar-refractivity contribution in [2.24, 2.45) is 0 Å². The first-order valence-electron chi connectivity index (χ1n) is 7.74. The van der Waals surface area contributed by atoms with Gasteiger partial charge in [0.05, 0.1) is 16.7 Å². The fraction of sp³-hybridized carbons (Fsp3) is 0.0526. The highest BCUT2D eigenvalue weighted by atomic mass is 19.2. The predicted octanol–water partition coefficient (Wildman–Crippen LogP) is 6.88. The summed E-state index contributed by atoms with van der Waals surface area (Å²) in [6.45, 7) is -1.73. The van der Waals surface area contributed by atoms with Crippen molar-refractivity contribution in [3.05, 3.63) is 81.9 Å². The molecule has 0 nitrogen and oxygen atoms in total. The third-order valence-corrected chi connectivity index (χ3v) is 4.17. The molecule has 0 saturated heterocycles. The van der Waals surface area contributed by atoms with Gasteiger partial charge < -0.3 is 0 Å². The van der Waals surface area contributed by atoms with Crippen LogP contribution in [-0.2, 0) is 6.67 Å². The van der Waals surface area contributed by atoms with Crippen LogP contribution in [0.1, 0.15) is 5.56 Å². The van der Waals surface area contributed by atoms with Crippen LogP contribution in [0.25, 0.3) is 22.3 Å². The molecule has 30 heavy (non-hydrogen) atoms. The van der Waals surface area contributed by atoms with E-state index in [-0.39, 0.29) is 18.2 Å². The van der Waals surface area contributed by atoms with Crippen molar-refractivity contribution < 1.29 is 48.3 Å². The molecule has 0 radical (unpaired) electrons. The summed E-state index contributed by atoms with van der Waals surface area (Å²) in [5.41, 5.74) is -8.08. The molecule has 3 rings (SSSR count). The number of hydrogen-bond acceptors (Lipinski definition) is 0. The molecular formula is C19H5F11. The molecule has 0 aliphatic heterocycles. The van der Waals surface area contributed by atoms with Gasteiger partial charge in [0.15, 0.2) is 34.9 Å². The Bertz CT molecular complexity index is 1180. The Balaban J connectivity index is 2.46. The average Bonchev–Trinajstić information content (AvgIpc) is 2.69. The van der Waals surface area contributed by atoms with E-state index in [0.717, 1.165) is 0 Å². The molecule has 158 valence electrons. The summed E-state index contributed by atoms with van der Waals surface area (Å²) in [4.78, 5) is 0. The van der Waals surface area contributed by atoms with Gasteiger partial charge in [-0.1, -0.05) is 0 Å². The van der Waals surface area contributed by atoms with Crippen LogP contribution in [0.2, 0.25) is 0 Å². The summed E-state index contributed by atoms with van der Waals surface area (Å²) in [5.74, 6) is -21.6. The van der Waals surface area contributed by atoms with Crippen LogP contribution in [0.3, 0.4) is 0 Å². The van der Waals surface area contributed by atoms with E-state index in [0.29, 0.717) is 0 Å². The van der Waals surface area contributed by atoms with Gasteiger partial charge in [0.1, 0.15) is 29.9 Å². The zero-order valence-electron chi connectivity index (χ0n) is 14.1. The van der Waals surface area contributed by atoms with Crippen LogP contribution in [0.15, 0.2) is 18.2 Å². The Hall–Kier alpha value is -3.11. The van der Waals surface area contributed by atoms with Crippen molar-refractivity contribution in [1.29, 1.82) is 0 Å². The summed E-state index contributed by atoms with van der Waals surface area (Å²) >= 11 is 0. The minimum absolute atomic E-state index is 0.0683. The average molecular weight is 442 g/mol. The zero-order valence-corrected chi connectivity index (χ0v) is 14.1. The van der Waals surface area contributed by atoms with Gasteiger partial charge in [-0.05, 0) is 12.1 Å². The second-order valence-corrected chi connectivity index (χ2v) is 5.91. The molecule has 0 bridgehead atoms. The summed E-state index contributed by atoms with van der Waals surface area (Å²) in [5, 5.41) is 0. The molecule has 0 spiro atoms. The van der Waals surface area contributed by atoms with Gasteiger partial charge in [-0.15, -0.1) is 0 Å². The maximum Gasteiger partial charge on any atom is 0.198 e. The number of rotatable bonds is 3. The second-order valence-electron chi connectivity index (χ2n) is 5.91. The molecule has 0 aliphatic rings. The number of benzene rings is 3. The second kappa shape index (κ2) is 7.62. The topological polar surface area (TPSA) is 0 Å². The van der Waals surface area contributed by atoms with Crippen LogP contribution in [0.4, 0.5) is 48.3 Å². The van der Waals surface area contributed by atoms with Crippen molar-refractivity contribution >= 4 is 0 Å². The maximum absolute atomic E-state index is 14.9. The molecule has 11 heteroatoms. The van der Waals surface area contributed by atoms with Gasteiger partial charge in [0.2, 0.25) is 0 Å². The van der Waals surface area contributed by atoms with Crippen LogP contribution in [-0.4, -0.2) is 0 Å². The first-order chi connectivity index (χ1) is 14.0. The van der Waals surface area contributed by atoms with Gasteiger partial charge >= 0.3 is 0 Å². The van der Waals surface area contributed by atoms with Crippen molar-refractivity contribution in [3.63, 3.8) is 0 Å². The fourth-order valence-corrected chi connectivity index (χ4v) is 2.79. The molecule has 0 aromatic heterocycles. The van der Waals surface area contributed by atoms with E-state index in [1.807, 2.05) is 0 Å².